The van der Waals surface area contributed by atoms with Crippen LogP contribution in [-0.4, -0.2) is 9.38 Å². The van der Waals surface area contributed by atoms with Gasteiger partial charge in [0.2, 0.25) is 0 Å². The summed E-state index contributed by atoms with van der Waals surface area (Å²) in [6.45, 7) is 0. The average Bonchev–Trinajstić information content (AvgIpc) is 3.43. The molecule has 196 valence electrons. The summed E-state index contributed by atoms with van der Waals surface area (Å²) in [5.41, 5.74) is 5.95. The molecule has 0 unspecified atom stereocenters. The summed E-state index contributed by atoms with van der Waals surface area (Å²) >= 11 is 1.56. The molecule has 0 aliphatic heterocycles. The second-order valence-electron chi connectivity index (χ2n) is 10.8. The second-order valence-corrected chi connectivity index (χ2v) is 11.8. The molecule has 9 rings (SSSR count). The van der Waals surface area contributed by atoms with Crippen LogP contribution in [0.2, 0.25) is 0 Å². The molecule has 0 N–H and O–H groups in total. The van der Waals surface area contributed by atoms with Gasteiger partial charge < -0.3 is 0 Å². The summed E-state index contributed by atoms with van der Waals surface area (Å²) in [5.74, 6) is 0. The number of aromatic nitrogens is 2. The van der Waals surface area contributed by atoms with Crippen LogP contribution in [0, 0.1) is 0 Å². The molecule has 0 atom stereocenters. The van der Waals surface area contributed by atoms with Crippen molar-refractivity contribution in [3.05, 3.63) is 144 Å². The summed E-state index contributed by atoms with van der Waals surface area (Å²) in [4.78, 5) is 19.4. The molecule has 4 heteroatoms. The zero-order valence-electron chi connectivity index (χ0n) is 22.4. The van der Waals surface area contributed by atoms with Gasteiger partial charge in [-0.2, -0.15) is 0 Å². The Morgan fingerprint density at radius 3 is 1.76 bits per heavy atom. The Morgan fingerprint density at radius 1 is 0.476 bits per heavy atom. The molecule has 0 fully saturated rings. The van der Waals surface area contributed by atoms with Crippen molar-refractivity contribution in [1.29, 1.82) is 0 Å². The molecule has 0 amide bonds. The van der Waals surface area contributed by atoms with Gasteiger partial charge in [-0.15, -0.1) is 0 Å². The van der Waals surface area contributed by atoms with E-state index in [-0.39, 0.29) is 5.56 Å². The first-order valence-electron chi connectivity index (χ1n) is 14.0. The van der Waals surface area contributed by atoms with Crippen molar-refractivity contribution in [2.75, 3.05) is 0 Å². The number of fused-ring (bicyclic) bond motifs is 10. The Kier molecular flexibility index (Phi) is 4.92. The van der Waals surface area contributed by atoms with E-state index in [1.807, 2.05) is 36.4 Å². The highest BCUT2D eigenvalue weighted by molar-refractivity contribution is 7.23. The van der Waals surface area contributed by atoms with Crippen LogP contribution >= 0.6 is 11.3 Å². The summed E-state index contributed by atoms with van der Waals surface area (Å²) in [7, 11) is 0. The van der Waals surface area contributed by atoms with Gasteiger partial charge in [0.05, 0.1) is 21.1 Å². The first kappa shape index (κ1) is 23.4. The van der Waals surface area contributed by atoms with Gasteiger partial charge in [-0.05, 0) is 84.9 Å². The number of benzene rings is 7. The molecule has 0 saturated carbocycles. The van der Waals surface area contributed by atoms with Crippen LogP contribution < -0.4 is 5.56 Å². The van der Waals surface area contributed by atoms with Gasteiger partial charge >= 0.3 is 0 Å². The Labute approximate surface area is 244 Å². The SMILES string of the molecule is O=c1c2cc(-c3ccccc3)ccc2nc2sc3cc(-c4ccc5c6ccccc6c6ccccc6c5c4)ccc3n12. The minimum absolute atomic E-state index is 0.0316. The minimum Gasteiger partial charge on any atom is -0.268 e. The molecule has 0 bridgehead atoms. The number of nitrogens with zero attached hydrogens (tertiary/aromatic N) is 2. The van der Waals surface area contributed by atoms with Crippen LogP contribution in [0.3, 0.4) is 0 Å². The summed E-state index contributed by atoms with van der Waals surface area (Å²) in [6, 6.07) is 46.6. The summed E-state index contributed by atoms with van der Waals surface area (Å²) in [6.07, 6.45) is 0. The van der Waals surface area contributed by atoms with Gasteiger partial charge in [0.15, 0.2) is 4.96 Å². The fourth-order valence-electron chi connectivity index (χ4n) is 6.40. The maximum atomic E-state index is 13.8. The molecular formula is C38H22N2OS. The molecule has 0 spiro atoms. The van der Waals surface area contributed by atoms with E-state index in [4.69, 9.17) is 4.98 Å². The molecule has 0 saturated heterocycles. The van der Waals surface area contributed by atoms with E-state index in [9.17, 15) is 4.79 Å². The van der Waals surface area contributed by atoms with Crippen molar-refractivity contribution >= 4 is 69.7 Å². The van der Waals surface area contributed by atoms with Crippen LogP contribution in [-0.2, 0) is 0 Å². The van der Waals surface area contributed by atoms with E-state index in [0.717, 1.165) is 38.0 Å². The lowest BCUT2D eigenvalue weighted by Crippen LogP contribution is -2.13. The molecule has 0 radical (unpaired) electrons. The van der Waals surface area contributed by atoms with Crippen LogP contribution in [0.25, 0.3) is 80.7 Å². The lowest BCUT2D eigenvalue weighted by atomic mass is 9.92. The smallest absolute Gasteiger partial charge is 0.266 e. The zero-order valence-corrected chi connectivity index (χ0v) is 23.2. The van der Waals surface area contributed by atoms with Crippen LogP contribution in [0.4, 0.5) is 0 Å². The average molecular weight is 555 g/mol. The predicted molar refractivity (Wildman–Crippen MR) is 178 cm³/mol. The van der Waals surface area contributed by atoms with Crippen molar-refractivity contribution in [1.82, 2.24) is 9.38 Å². The van der Waals surface area contributed by atoms with E-state index >= 15 is 0 Å². The highest BCUT2D eigenvalue weighted by Crippen LogP contribution is 2.38. The Balaban J connectivity index is 1.23. The van der Waals surface area contributed by atoms with Gasteiger partial charge in [-0.25, -0.2) is 4.98 Å². The van der Waals surface area contributed by atoms with Crippen molar-refractivity contribution in [3.8, 4) is 22.3 Å². The molecular weight excluding hydrogens is 532 g/mol. The maximum Gasteiger partial charge on any atom is 0.266 e. The molecule has 3 nitrogen and oxygen atoms in total. The van der Waals surface area contributed by atoms with Gasteiger partial charge in [-0.1, -0.05) is 114 Å². The highest BCUT2D eigenvalue weighted by atomic mass is 32.1. The van der Waals surface area contributed by atoms with Crippen molar-refractivity contribution in [3.63, 3.8) is 0 Å². The van der Waals surface area contributed by atoms with E-state index < -0.39 is 0 Å². The lowest BCUT2D eigenvalue weighted by Gasteiger charge is -2.12. The summed E-state index contributed by atoms with van der Waals surface area (Å²) in [5, 5.41) is 8.21. The van der Waals surface area contributed by atoms with Crippen molar-refractivity contribution < 1.29 is 0 Å². The predicted octanol–water partition coefficient (Wildman–Crippen LogP) is 9.86. The van der Waals surface area contributed by atoms with E-state index in [0.29, 0.717) is 10.3 Å². The third-order valence-corrected chi connectivity index (χ3v) is 9.43. The quantitative estimate of drug-likeness (QED) is 0.199. The number of rotatable bonds is 2. The second kappa shape index (κ2) is 8.84. The monoisotopic (exact) mass is 554 g/mol. The van der Waals surface area contributed by atoms with Crippen LogP contribution in [0.15, 0.2) is 138 Å². The fraction of sp³-hybridized carbons (Fsp3) is 0. The van der Waals surface area contributed by atoms with Gasteiger partial charge in [0.25, 0.3) is 5.56 Å². The van der Waals surface area contributed by atoms with Gasteiger partial charge in [-0.3, -0.25) is 9.20 Å². The lowest BCUT2D eigenvalue weighted by molar-refractivity contribution is 1.16. The third kappa shape index (κ3) is 3.39. The highest BCUT2D eigenvalue weighted by Gasteiger charge is 2.15. The number of hydrogen-bond donors (Lipinski definition) is 0. The number of thiazole rings is 1. The zero-order chi connectivity index (χ0) is 27.8. The van der Waals surface area contributed by atoms with E-state index in [1.54, 1.807) is 15.7 Å². The van der Waals surface area contributed by atoms with Crippen LogP contribution in [0.1, 0.15) is 0 Å². The number of hydrogen-bond acceptors (Lipinski definition) is 3. The van der Waals surface area contributed by atoms with E-state index in [1.165, 1.54) is 32.3 Å². The third-order valence-electron chi connectivity index (χ3n) is 8.42. The molecule has 2 aromatic heterocycles. The van der Waals surface area contributed by atoms with Crippen molar-refractivity contribution in [2.24, 2.45) is 0 Å². The molecule has 42 heavy (non-hydrogen) atoms. The topological polar surface area (TPSA) is 34.4 Å². The minimum atomic E-state index is -0.0316. The molecule has 7 aromatic carbocycles. The standard InChI is InChI=1S/C38H22N2OS/c41-37-33-21-24(23-8-2-1-3-9-23)15-18-34(33)39-38-40(37)35-19-16-26(22-36(35)42-38)25-14-17-31-29-12-5-4-10-27(29)28-11-6-7-13-30(28)32(31)20-25/h1-22H. The first-order chi connectivity index (χ1) is 20.7. The largest absolute Gasteiger partial charge is 0.268 e. The Bertz CT molecular complexity index is 2560. The van der Waals surface area contributed by atoms with Gasteiger partial charge in [0.1, 0.15) is 0 Å². The van der Waals surface area contributed by atoms with E-state index in [2.05, 4.69) is 97.1 Å². The normalized spacial score (nSPS) is 11.9. The Morgan fingerprint density at radius 2 is 1.02 bits per heavy atom. The maximum absolute atomic E-state index is 13.8. The van der Waals surface area contributed by atoms with Gasteiger partial charge in [0, 0.05) is 0 Å². The first-order valence-corrected chi connectivity index (χ1v) is 14.8. The molecule has 9 aromatic rings. The molecule has 2 heterocycles. The Hall–Kier alpha value is -5.32. The summed E-state index contributed by atoms with van der Waals surface area (Å²) < 4.78 is 2.81. The molecule has 0 aliphatic carbocycles. The van der Waals surface area contributed by atoms with Crippen LogP contribution in [0.5, 0.6) is 0 Å². The molecule has 0 aliphatic rings. The fourth-order valence-corrected chi connectivity index (χ4v) is 7.47. The van der Waals surface area contributed by atoms with Crippen molar-refractivity contribution in [2.45, 2.75) is 0 Å².